The summed E-state index contributed by atoms with van der Waals surface area (Å²) < 4.78 is 0. The summed E-state index contributed by atoms with van der Waals surface area (Å²) in [5.74, 6) is 0. The molecule has 0 bridgehead atoms. The zero-order chi connectivity index (χ0) is 9.84. The highest BCUT2D eigenvalue weighted by molar-refractivity contribution is 7.16. The minimum absolute atomic E-state index is 0.134. The molecule has 0 saturated carbocycles. The van der Waals surface area contributed by atoms with E-state index in [1.54, 1.807) is 11.3 Å². The summed E-state index contributed by atoms with van der Waals surface area (Å²) in [5.41, 5.74) is 0.993. The van der Waals surface area contributed by atoms with Crippen molar-refractivity contribution in [3.8, 4) is 0 Å². The molecule has 1 rings (SSSR count). The molecule has 0 spiro atoms. The molecule has 1 N–H and O–H groups in total. The van der Waals surface area contributed by atoms with Crippen molar-refractivity contribution < 1.29 is 5.11 Å². The molecule has 0 aromatic carbocycles. The second-order valence-electron chi connectivity index (χ2n) is 3.22. The van der Waals surface area contributed by atoms with E-state index in [9.17, 15) is 0 Å². The van der Waals surface area contributed by atoms with Gasteiger partial charge in [0.1, 0.15) is 0 Å². The Hall–Kier alpha value is -0.800. The van der Waals surface area contributed by atoms with Crippen LogP contribution in [0.3, 0.4) is 0 Å². The van der Waals surface area contributed by atoms with Crippen molar-refractivity contribution >= 4 is 22.4 Å². The third-order valence-electron chi connectivity index (χ3n) is 1.69. The summed E-state index contributed by atoms with van der Waals surface area (Å²) >= 11 is 1.72. The van der Waals surface area contributed by atoms with Crippen LogP contribution in [0.2, 0.25) is 0 Å². The van der Waals surface area contributed by atoms with E-state index in [1.807, 2.05) is 27.1 Å². The fourth-order valence-corrected chi connectivity index (χ4v) is 1.90. The van der Waals surface area contributed by atoms with Gasteiger partial charge in [0.25, 0.3) is 0 Å². The van der Waals surface area contributed by atoms with E-state index in [1.165, 1.54) is 9.88 Å². The fraction of sp³-hybridized carbons (Fsp3) is 0.400. The molecule has 2 nitrogen and oxygen atoms in total. The lowest BCUT2D eigenvalue weighted by Crippen LogP contribution is -2.05. The summed E-state index contributed by atoms with van der Waals surface area (Å²) in [7, 11) is 4.05. The van der Waals surface area contributed by atoms with Crippen molar-refractivity contribution in [2.45, 2.75) is 6.92 Å². The first-order chi connectivity index (χ1) is 6.13. The lowest BCUT2D eigenvalue weighted by molar-refractivity contribution is 0.332. The predicted octanol–water partition coefficient (Wildman–Crippen LogP) is 2.21. The number of hydrogen-bond donors (Lipinski definition) is 1. The summed E-state index contributed by atoms with van der Waals surface area (Å²) in [6.45, 7) is 2.06. The van der Waals surface area contributed by atoms with E-state index in [0.29, 0.717) is 0 Å². The van der Waals surface area contributed by atoms with Gasteiger partial charge in [0.05, 0.1) is 11.6 Å². The highest BCUT2D eigenvalue weighted by atomic mass is 32.1. The number of rotatable bonds is 3. The maximum Gasteiger partial charge on any atom is 0.0909 e. The van der Waals surface area contributed by atoms with Crippen LogP contribution in [0.25, 0.3) is 6.08 Å². The summed E-state index contributed by atoms with van der Waals surface area (Å²) in [4.78, 5) is 3.27. The van der Waals surface area contributed by atoms with Crippen LogP contribution in [-0.2, 0) is 0 Å². The molecule has 0 aliphatic carbocycles. The topological polar surface area (TPSA) is 23.5 Å². The molecule has 0 saturated heterocycles. The van der Waals surface area contributed by atoms with Gasteiger partial charge in [-0.05, 0) is 30.7 Å². The first-order valence-electron chi connectivity index (χ1n) is 4.18. The van der Waals surface area contributed by atoms with E-state index in [2.05, 4.69) is 17.0 Å². The summed E-state index contributed by atoms with van der Waals surface area (Å²) in [6, 6.07) is 4.15. The summed E-state index contributed by atoms with van der Waals surface area (Å²) in [6.07, 6.45) is 2.01. The zero-order valence-electron chi connectivity index (χ0n) is 8.24. The van der Waals surface area contributed by atoms with E-state index < -0.39 is 0 Å². The van der Waals surface area contributed by atoms with Gasteiger partial charge in [0, 0.05) is 19.0 Å². The largest absolute Gasteiger partial charge is 0.392 e. The lowest BCUT2D eigenvalue weighted by atomic mass is 10.3. The van der Waals surface area contributed by atoms with Crippen LogP contribution in [0.4, 0.5) is 5.00 Å². The van der Waals surface area contributed by atoms with E-state index >= 15 is 0 Å². The standard InChI is InChI=1S/C10H15NOS/c1-8(7-12)6-9-4-5-10(13-9)11(2)3/h4-6,12H,7H2,1-3H3/b8-6-. The van der Waals surface area contributed by atoms with Gasteiger partial charge in [-0.15, -0.1) is 11.3 Å². The normalized spacial score (nSPS) is 11.8. The number of thiophene rings is 1. The second-order valence-corrected chi connectivity index (χ2v) is 4.31. The monoisotopic (exact) mass is 197 g/mol. The van der Waals surface area contributed by atoms with Gasteiger partial charge in [0.15, 0.2) is 0 Å². The van der Waals surface area contributed by atoms with Crippen molar-refractivity contribution in [2.24, 2.45) is 0 Å². The fourth-order valence-electron chi connectivity index (χ4n) is 0.949. The van der Waals surface area contributed by atoms with E-state index in [4.69, 9.17) is 5.11 Å². The van der Waals surface area contributed by atoms with E-state index in [-0.39, 0.29) is 6.61 Å². The minimum atomic E-state index is 0.134. The van der Waals surface area contributed by atoms with Crippen LogP contribution < -0.4 is 4.90 Å². The Morgan fingerprint density at radius 3 is 2.69 bits per heavy atom. The van der Waals surface area contributed by atoms with Crippen LogP contribution in [0, 0.1) is 0 Å². The molecule has 0 radical (unpaired) electrons. The van der Waals surface area contributed by atoms with Crippen LogP contribution in [-0.4, -0.2) is 25.8 Å². The van der Waals surface area contributed by atoms with Crippen LogP contribution in [0.15, 0.2) is 17.7 Å². The first-order valence-corrected chi connectivity index (χ1v) is 5.00. The molecule has 0 aliphatic rings. The third kappa shape index (κ3) is 2.86. The third-order valence-corrected chi connectivity index (χ3v) is 2.89. The molecule has 0 aliphatic heterocycles. The molecular weight excluding hydrogens is 182 g/mol. The highest BCUT2D eigenvalue weighted by Crippen LogP contribution is 2.25. The van der Waals surface area contributed by atoms with Crippen molar-refractivity contribution in [3.63, 3.8) is 0 Å². The van der Waals surface area contributed by atoms with Gasteiger partial charge >= 0.3 is 0 Å². The molecular formula is C10H15NOS. The Kier molecular flexibility index (Phi) is 3.51. The number of aliphatic hydroxyl groups is 1. The highest BCUT2D eigenvalue weighted by Gasteiger charge is 1.99. The lowest BCUT2D eigenvalue weighted by Gasteiger charge is -2.06. The number of hydrogen-bond acceptors (Lipinski definition) is 3. The van der Waals surface area contributed by atoms with Crippen molar-refractivity contribution in [3.05, 3.63) is 22.6 Å². The van der Waals surface area contributed by atoms with E-state index in [0.717, 1.165) is 5.57 Å². The molecule has 0 unspecified atom stereocenters. The minimum Gasteiger partial charge on any atom is -0.392 e. The Morgan fingerprint density at radius 1 is 1.54 bits per heavy atom. The van der Waals surface area contributed by atoms with Crippen molar-refractivity contribution in [2.75, 3.05) is 25.6 Å². The summed E-state index contributed by atoms with van der Waals surface area (Å²) in [5, 5.41) is 10.1. The smallest absolute Gasteiger partial charge is 0.0909 e. The Bertz CT molecular complexity index is 302. The quantitative estimate of drug-likeness (QED) is 0.803. The first kappa shape index (κ1) is 10.3. The predicted molar refractivity (Wildman–Crippen MR) is 59.4 cm³/mol. The molecule has 3 heteroatoms. The van der Waals surface area contributed by atoms with Crippen LogP contribution >= 0.6 is 11.3 Å². The average Bonchev–Trinajstić information content (AvgIpc) is 2.52. The Balaban J connectivity index is 2.80. The Morgan fingerprint density at radius 2 is 2.23 bits per heavy atom. The van der Waals surface area contributed by atoms with Gasteiger partial charge in [-0.2, -0.15) is 0 Å². The molecule has 0 amide bonds. The van der Waals surface area contributed by atoms with Crippen molar-refractivity contribution in [1.29, 1.82) is 0 Å². The molecule has 0 fully saturated rings. The number of nitrogens with zero attached hydrogens (tertiary/aromatic N) is 1. The maximum absolute atomic E-state index is 8.84. The maximum atomic E-state index is 8.84. The SMILES string of the molecule is C/C(=C/c1ccc(N(C)C)s1)CO. The molecule has 13 heavy (non-hydrogen) atoms. The second kappa shape index (κ2) is 4.44. The van der Waals surface area contributed by atoms with Crippen molar-refractivity contribution in [1.82, 2.24) is 0 Å². The molecule has 1 aromatic heterocycles. The number of anilines is 1. The van der Waals surface area contributed by atoms with Crippen LogP contribution in [0.5, 0.6) is 0 Å². The van der Waals surface area contributed by atoms with Gasteiger partial charge < -0.3 is 10.0 Å². The number of aliphatic hydroxyl groups excluding tert-OH is 1. The van der Waals surface area contributed by atoms with Gasteiger partial charge in [-0.3, -0.25) is 0 Å². The Labute approximate surface area is 83.1 Å². The molecule has 72 valence electrons. The zero-order valence-corrected chi connectivity index (χ0v) is 9.06. The van der Waals surface area contributed by atoms with Crippen LogP contribution in [0.1, 0.15) is 11.8 Å². The van der Waals surface area contributed by atoms with Gasteiger partial charge in [-0.1, -0.05) is 0 Å². The molecule has 1 aromatic rings. The van der Waals surface area contributed by atoms with Gasteiger partial charge in [0.2, 0.25) is 0 Å². The molecule has 1 heterocycles. The average molecular weight is 197 g/mol. The molecule has 0 atom stereocenters. The van der Waals surface area contributed by atoms with Gasteiger partial charge in [-0.25, -0.2) is 0 Å².